The lowest BCUT2D eigenvalue weighted by atomic mass is 9.87. The van der Waals surface area contributed by atoms with E-state index < -0.39 is 0 Å². The summed E-state index contributed by atoms with van der Waals surface area (Å²) in [4.78, 5) is 23.8. The maximum atomic E-state index is 12.3. The summed E-state index contributed by atoms with van der Waals surface area (Å²) < 4.78 is 0. The van der Waals surface area contributed by atoms with Crippen molar-refractivity contribution in [1.82, 2.24) is 0 Å². The van der Waals surface area contributed by atoms with Gasteiger partial charge in [-0.1, -0.05) is 25.8 Å². The minimum absolute atomic E-state index is 0.0131. The number of nitrogens with zero attached hydrogens (tertiary/aromatic N) is 1. The van der Waals surface area contributed by atoms with E-state index in [1.54, 1.807) is 19.2 Å². The van der Waals surface area contributed by atoms with Crippen molar-refractivity contribution in [3.63, 3.8) is 0 Å². The Balaban J connectivity index is 2.19. The van der Waals surface area contributed by atoms with Crippen LogP contribution in [0.2, 0.25) is 0 Å². The summed E-state index contributed by atoms with van der Waals surface area (Å²) in [6.45, 7) is 3.88. The van der Waals surface area contributed by atoms with Gasteiger partial charge in [-0.15, -0.1) is 0 Å². The van der Waals surface area contributed by atoms with Crippen molar-refractivity contribution < 1.29 is 9.59 Å². The van der Waals surface area contributed by atoms with Crippen LogP contribution in [-0.4, -0.2) is 25.5 Å². The second-order valence-corrected chi connectivity index (χ2v) is 6.42. The van der Waals surface area contributed by atoms with Gasteiger partial charge in [-0.2, -0.15) is 5.10 Å². The maximum absolute atomic E-state index is 12.3. The highest BCUT2D eigenvalue weighted by molar-refractivity contribution is 6.14. The number of benzene rings is 1. The third-order valence-corrected chi connectivity index (χ3v) is 4.60. The first-order chi connectivity index (χ1) is 12.1. The smallest absolute Gasteiger partial charge is 0.224 e. The van der Waals surface area contributed by atoms with Crippen molar-refractivity contribution in [2.75, 3.05) is 17.7 Å². The fourth-order valence-corrected chi connectivity index (χ4v) is 3.41. The number of amides is 1. The zero-order valence-electron chi connectivity index (χ0n) is 14.7. The number of hydrazone groups is 1. The molecule has 4 N–H and O–H groups in total. The van der Waals surface area contributed by atoms with Crippen LogP contribution in [0.25, 0.3) is 5.57 Å². The van der Waals surface area contributed by atoms with E-state index in [-0.39, 0.29) is 5.91 Å². The molecule has 134 valence electrons. The van der Waals surface area contributed by atoms with Gasteiger partial charge in [0.2, 0.25) is 5.91 Å². The van der Waals surface area contributed by atoms with Gasteiger partial charge in [-0.05, 0) is 36.5 Å². The molecule has 1 aromatic carbocycles. The molecule has 0 unspecified atom stereocenters. The number of nitrogens with two attached hydrogens (primary N) is 1. The minimum Gasteiger partial charge on any atom is -0.388 e. The highest BCUT2D eigenvalue weighted by Gasteiger charge is 2.18. The molecule has 0 heterocycles. The van der Waals surface area contributed by atoms with Gasteiger partial charge in [0.05, 0.1) is 6.21 Å². The second-order valence-electron chi connectivity index (χ2n) is 6.42. The molecule has 0 aliphatic heterocycles. The fraction of sp³-hybridized carbons (Fsp3) is 0.421. The average Bonchev–Trinajstić information content (AvgIpc) is 2.61. The van der Waals surface area contributed by atoms with Crippen molar-refractivity contribution >= 4 is 35.4 Å². The molecule has 1 fully saturated rings. The van der Waals surface area contributed by atoms with Gasteiger partial charge in [0, 0.05) is 36.0 Å². The van der Waals surface area contributed by atoms with E-state index in [2.05, 4.69) is 22.3 Å². The number of hydrogen-bond donors (Lipinski definition) is 3. The standard InChI is InChI=1S/C19H26N4O2/c1-13(11-22-20)19-15(12-24)9-16(10-17(19)21-2)23-18(25)8-14-6-4-3-5-7-14/h9-12,14,21H,1,3-8,20H2,2H3,(H,23,25)/b22-11-. The molecular weight excluding hydrogens is 316 g/mol. The molecule has 0 radical (unpaired) electrons. The first-order valence-corrected chi connectivity index (χ1v) is 8.62. The second kappa shape index (κ2) is 9.01. The van der Waals surface area contributed by atoms with Crippen LogP contribution in [0.5, 0.6) is 0 Å². The largest absolute Gasteiger partial charge is 0.388 e. The number of rotatable bonds is 7. The molecular formula is C19H26N4O2. The monoisotopic (exact) mass is 342 g/mol. The van der Waals surface area contributed by atoms with Crippen LogP contribution in [0, 0.1) is 5.92 Å². The van der Waals surface area contributed by atoms with E-state index in [0.717, 1.165) is 19.1 Å². The highest BCUT2D eigenvalue weighted by Crippen LogP contribution is 2.30. The topological polar surface area (TPSA) is 96.6 Å². The van der Waals surface area contributed by atoms with Crippen LogP contribution in [0.3, 0.4) is 0 Å². The van der Waals surface area contributed by atoms with Gasteiger partial charge >= 0.3 is 0 Å². The number of carbonyl (C=O) groups is 2. The van der Waals surface area contributed by atoms with Gasteiger partial charge in [-0.25, -0.2) is 0 Å². The predicted octanol–water partition coefficient (Wildman–Crippen LogP) is 3.41. The lowest BCUT2D eigenvalue weighted by molar-refractivity contribution is -0.117. The molecule has 0 aromatic heterocycles. The van der Waals surface area contributed by atoms with Gasteiger partial charge in [0.15, 0.2) is 6.29 Å². The van der Waals surface area contributed by atoms with E-state index >= 15 is 0 Å². The van der Waals surface area contributed by atoms with Crippen molar-refractivity contribution in [2.45, 2.75) is 38.5 Å². The molecule has 0 atom stereocenters. The number of anilines is 2. The summed E-state index contributed by atoms with van der Waals surface area (Å²) in [6.07, 6.45) is 8.57. The lowest BCUT2D eigenvalue weighted by Crippen LogP contribution is -2.18. The minimum atomic E-state index is -0.0131. The van der Waals surface area contributed by atoms with Crippen molar-refractivity contribution in [1.29, 1.82) is 0 Å². The molecule has 1 amide bonds. The van der Waals surface area contributed by atoms with E-state index in [0.29, 0.717) is 40.4 Å². The molecule has 2 rings (SSSR count). The Morgan fingerprint density at radius 1 is 1.36 bits per heavy atom. The van der Waals surface area contributed by atoms with Crippen LogP contribution in [0.1, 0.15) is 54.4 Å². The molecule has 1 saturated carbocycles. The molecule has 0 saturated heterocycles. The SMILES string of the molecule is C=C(/C=N\N)c1c(C=O)cc(NC(=O)CC2CCCCC2)cc1NC. The molecule has 6 heteroatoms. The number of aldehydes is 1. The van der Waals surface area contributed by atoms with Crippen molar-refractivity contribution in [2.24, 2.45) is 16.9 Å². The summed E-state index contributed by atoms with van der Waals surface area (Å²) in [5.41, 5.74) is 2.84. The van der Waals surface area contributed by atoms with E-state index in [4.69, 9.17) is 5.84 Å². The molecule has 0 bridgehead atoms. The summed E-state index contributed by atoms with van der Waals surface area (Å²) in [5, 5.41) is 9.40. The molecule has 1 aliphatic rings. The van der Waals surface area contributed by atoms with E-state index in [1.807, 2.05) is 0 Å². The van der Waals surface area contributed by atoms with E-state index in [1.165, 1.54) is 25.5 Å². The molecule has 6 nitrogen and oxygen atoms in total. The highest BCUT2D eigenvalue weighted by atomic mass is 16.1. The Kier molecular flexibility index (Phi) is 6.74. The van der Waals surface area contributed by atoms with Crippen LogP contribution < -0.4 is 16.5 Å². The Hall–Kier alpha value is -2.63. The van der Waals surface area contributed by atoms with Crippen LogP contribution in [0.15, 0.2) is 23.8 Å². The van der Waals surface area contributed by atoms with Gasteiger partial charge in [0.1, 0.15) is 0 Å². The summed E-state index contributed by atoms with van der Waals surface area (Å²) >= 11 is 0. The zero-order chi connectivity index (χ0) is 18.2. The first-order valence-electron chi connectivity index (χ1n) is 8.62. The number of nitrogens with one attached hydrogen (secondary N) is 2. The van der Waals surface area contributed by atoms with Gasteiger partial charge in [0.25, 0.3) is 0 Å². The van der Waals surface area contributed by atoms with Crippen molar-refractivity contribution in [3.05, 3.63) is 29.8 Å². The lowest BCUT2D eigenvalue weighted by Gasteiger charge is -2.21. The summed E-state index contributed by atoms with van der Waals surface area (Å²) in [6, 6.07) is 3.44. The summed E-state index contributed by atoms with van der Waals surface area (Å²) in [7, 11) is 1.74. The number of carbonyl (C=O) groups excluding carboxylic acids is 2. The average molecular weight is 342 g/mol. The Morgan fingerprint density at radius 2 is 2.08 bits per heavy atom. The van der Waals surface area contributed by atoms with Gasteiger partial charge < -0.3 is 16.5 Å². The molecule has 1 aromatic rings. The molecule has 1 aliphatic carbocycles. The third kappa shape index (κ3) is 4.92. The number of allylic oxidation sites excluding steroid dienone is 1. The normalized spacial score (nSPS) is 15.1. The zero-order valence-corrected chi connectivity index (χ0v) is 14.7. The third-order valence-electron chi connectivity index (χ3n) is 4.60. The Labute approximate surface area is 148 Å². The quantitative estimate of drug-likeness (QED) is 0.306. The first kappa shape index (κ1) is 18.7. The van der Waals surface area contributed by atoms with Crippen molar-refractivity contribution in [3.8, 4) is 0 Å². The Morgan fingerprint density at radius 3 is 2.68 bits per heavy atom. The summed E-state index contributed by atoms with van der Waals surface area (Å²) in [5.74, 6) is 5.63. The van der Waals surface area contributed by atoms with Gasteiger partial charge in [-0.3, -0.25) is 9.59 Å². The van der Waals surface area contributed by atoms with E-state index in [9.17, 15) is 9.59 Å². The molecule has 25 heavy (non-hydrogen) atoms. The molecule has 0 spiro atoms. The maximum Gasteiger partial charge on any atom is 0.224 e. The van der Waals surface area contributed by atoms with Crippen LogP contribution in [0.4, 0.5) is 11.4 Å². The Bertz CT molecular complexity index is 676. The fourth-order valence-electron chi connectivity index (χ4n) is 3.41. The van der Waals surface area contributed by atoms with Crippen LogP contribution >= 0.6 is 0 Å². The predicted molar refractivity (Wildman–Crippen MR) is 103 cm³/mol. The van der Waals surface area contributed by atoms with Crippen LogP contribution in [-0.2, 0) is 4.79 Å². The number of hydrogen-bond acceptors (Lipinski definition) is 5.